The summed E-state index contributed by atoms with van der Waals surface area (Å²) in [4.78, 5) is 12.2. The lowest BCUT2D eigenvalue weighted by Gasteiger charge is -2.13. The molecule has 3 rings (SSSR count). The summed E-state index contributed by atoms with van der Waals surface area (Å²) in [6, 6.07) is 6.51. The first-order valence-corrected chi connectivity index (χ1v) is 8.16. The summed E-state index contributed by atoms with van der Waals surface area (Å²) in [6.45, 7) is 4.45. The third kappa shape index (κ3) is 3.73. The molecule has 25 heavy (non-hydrogen) atoms. The van der Waals surface area contributed by atoms with Crippen LogP contribution < -0.4 is 14.8 Å². The standard InChI is InChI=1S/C19H19F2NO3/c1-3-24-17-7-12-6-11(2)25-18(12)8-13(17)10-22-19(23)15-9-14(20)4-5-16(15)21/h4-5,7-9,11H,3,6,10H2,1-2H3,(H,22,23). The smallest absolute Gasteiger partial charge is 0.254 e. The van der Waals surface area contributed by atoms with Gasteiger partial charge in [-0.3, -0.25) is 4.79 Å². The van der Waals surface area contributed by atoms with E-state index in [0.717, 1.165) is 41.5 Å². The van der Waals surface area contributed by atoms with Crippen LogP contribution in [0.1, 0.15) is 35.3 Å². The number of carbonyl (C=O) groups excluding carboxylic acids is 1. The number of hydrogen-bond donors (Lipinski definition) is 1. The summed E-state index contributed by atoms with van der Waals surface area (Å²) in [5, 5.41) is 2.60. The first-order chi connectivity index (χ1) is 12.0. The Morgan fingerprint density at radius 3 is 2.88 bits per heavy atom. The number of hydrogen-bond acceptors (Lipinski definition) is 3. The average Bonchev–Trinajstić information content (AvgIpc) is 2.93. The minimum absolute atomic E-state index is 0.0932. The first-order valence-electron chi connectivity index (χ1n) is 8.16. The van der Waals surface area contributed by atoms with Crippen LogP contribution in [0.2, 0.25) is 0 Å². The molecule has 132 valence electrons. The van der Waals surface area contributed by atoms with Crippen molar-refractivity contribution < 1.29 is 23.0 Å². The van der Waals surface area contributed by atoms with Gasteiger partial charge in [-0.05, 0) is 44.2 Å². The van der Waals surface area contributed by atoms with Crippen molar-refractivity contribution in [2.75, 3.05) is 6.61 Å². The van der Waals surface area contributed by atoms with Crippen molar-refractivity contribution in [1.29, 1.82) is 0 Å². The van der Waals surface area contributed by atoms with Crippen LogP contribution in [0.25, 0.3) is 0 Å². The average molecular weight is 347 g/mol. The molecule has 1 aliphatic rings. The SMILES string of the molecule is CCOc1cc2c(cc1CNC(=O)c1cc(F)ccc1F)OC(C)C2. The quantitative estimate of drug-likeness (QED) is 0.899. The molecule has 2 aromatic carbocycles. The number of halogens is 2. The molecule has 1 heterocycles. The predicted molar refractivity (Wildman–Crippen MR) is 88.9 cm³/mol. The fraction of sp³-hybridized carbons (Fsp3) is 0.316. The second-order valence-corrected chi connectivity index (χ2v) is 5.94. The van der Waals surface area contributed by atoms with Crippen LogP contribution in [-0.4, -0.2) is 18.6 Å². The Hall–Kier alpha value is -2.63. The number of ether oxygens (including phenoxy) is 2. The monoisotopic (exact) mass is 347 g/mol. The van der Waals surface area contributed by atoms with Crippen molar-refractivity contribution in [2.45, 2.75) is 32.9 Å². The third-order valence-corrected chi connectivity index (χ3v) is 3.99. The third-order valence-electron chi connectivity index (χ3n) is 3.99. The molecule has 1 N–H and O–H groups in total. The maximum absolute atomic E-state index is 13.7. The number of rotatable bonds is 5. The van der Waals surface area contributed by atoms with Gasteiger partial charge < -0.3 is 14.8 Å². The van der Waals surface area contributed by atoms with E-state index < -0.39 is 17.5 Å². The van der Waals surface area contributed by atoms with Crippen LogP contribution in [-0.2, 0) is 13.0 Å². The van der Waals surface area contributed by atoms with E-state index in [1.165, 1.54) is 0 Å². The van der Waals surface area contributed by atoms with E-state index in [1.807, 2.05) is 26.0 Å². The topological polar surface area (TPSA) is 47.6 Å². The van der Waals surface area contributed by atoms with Crippen molar-refractivity contribution in [3.05, 3.63) is 58.7 Å². The van der Waals surface area contributed by atoms with Gasteiger partial charge in [0.15, 0.2) is 0 Å². The molecule has 0 bridgehead atoms. The van der Waals surface area contributed by atoms with Gasteiger partial charge in [0.25, 0.3) is 5.91 Å². The van der Waals surface area contributed by atoms with Gasteiger partial charge in [0.05, 0.1) is 12.2 Å². The van der Waals surface area contributed by atoms with E-state index in [4.69, 9.17) is 9.47 Å². The van der Waals surface area contributed by atoms with Crippen LogP contribution in [0.15, 0.2) is 30.3 Å². The summed E-state index contributed by atoms with van der Waals surface area (Å²) in [5.74, 6) is -0.707. The van der Waals surface area contributed by atoms with E-state index in [-0.39, 0.29) is 18.2 Å². The molecule has 1 aliphatic heterocycles. The maximum Gasteiger partial charge on any atom is 0.254 e. The second kappa shape index (κ2) is 7.09. The van der Waals surface area contributed by atoms with E-state index in [9.17, 15) is 13.6 Å². The largest absolute Gasteiger partial charge is 0.494 e. The summed E-state index contributed by atoms with van der Waals surface area (Å²) >= 11 is 0. The lowest BCUT2D eigenvalue weighted by molar-refractivity contribution is 0.0946. The van der Waals surface area contributed by atoms with E-state index in [0.29, 0.717) is 12.4 Å². The number of benzene rings is 2. The zero-order valence-corrected chi connectivity index (χ0v) is 14.1. The van der Waals surface area contributed by atoms with E-state index in [1.54, 1.807) is 0 Å². The van der Waals surface area contributed by atoms with Gasteiger partial charge in [0.2, 0.25) is 0 Å². The van der Waals surface area contributed by atoms with Gasteiger partial charge in [-0.25, -0.2) is 8.78 Å². The van der Waals surface area contributed by atoms with Crippen LogP contribution in [0.5, 0.6) is 11.5 Å². The Morgan fingerprint density at radius 1 is 1.32 bits per heavy atom. The van der Waals surface area contributed by atoms with Gasteiger partial charge in [-0.2, -0.15) is 0 Å². The molecule has 0 spiro atoms. The number of nitrogens with one attached hydrogen (secondary N) is 1. The Kier molecular flexibility index (Phi) is 4.88. The summed E-state index contributed by atoms with van der Waals surface area (Å²) in [5.41, 5.74) is 1.45. The summed E-state index contributed by atoms with van der Waals surface area (Å²) in [6.07, 6.45) is 0.895. The number of amides is 1. The van der Waals surface area contributed by atoms with Gasteiger partial charge in [-0.15, -0.1) is 0 Å². The lowest BCUT2D eigenvalue weighted by Crippen LogP contribution is -2.24. The molecule has 1 amide bonds. The molecule has 0 radical (unpaired) electrons. The molecule has 0 saturated carbocycles. The van der Waals surface area contributed by atoms with Crippen LogP contribution >= 0.6 is 0 Å². The Bertz CT molecular complexity index is 807. The fourth-order valence-electron chi connectivity index (χ4n) is 2.85. The molecule has 1 unspecified atom stereocenters. The van der Waals surface area contributed by atoms with E-state index >= 15 is 0 Å². The predicted octanol–water partition coefficient (Wildman–Crippen LogP) is 3.62. The highest BCUT2D eigenvalue weighted by Gasteiger charge is 2.22. The van der Waals surface area contributed by atoms with Crippen LogP contribution in [0, 0.1) is 11.6 Å². The molecule has 0 saturated heterocycles. The van der Waals surface area contributed by atoms with Crippen molar-refractivity contribution in [2.24, 2.45) is 0 Å². The maximum atomic E-state index is 13.7. The minimum atomic E-state index is -0.768. The van der Waals surface area contributed by atoms with Crippen LogP contribution in [0.3, 0.4) is 0 Å². The molecule has 1 atom stereocenters. The molecule has 6 heteroatoms. The minimum Gasteiger partial charge on any atom is -0.494 e. The summed E-state index contributed by atoms with van der Waals surface area (Å²) < 4.78 is 38.3. The van der Waals surface area contributed by atoms with Crippen LogP contribution in [0.4, 0.5) is 8.78 Å². The zero-order valence-electron chi connectivity index (χ0n) is 14.1. The number of fused-ring (bicyclic) bond motifs is 1. The number of carbonyl (C=O) groups is 1. The molecule has 0 aromatic heterocycles. The lowest BCUT2D eigenvalue weighted by atomic mass is 10.1. The Labute approximate surface area is 144 Å². The van der Waals surface area contributed by atoms with Gasteiger partial charge in [0, 0.05) is 24.1 Å². The highest BCUT2D eigenvalue weighted by atomic mass is 19.1. The fourth-order valence-corrected chi connectivity index (χ4v) is 2.85. The summed E-state index contributed by atoms with van der Waals surface area (Å²) in [7, 11) is 0. The molecule has 0 fully saturated rings. The normalized spacial score (nSPS) is 15.4. The Balaban J connectivity index is 1.79. The van der Waals surface area contributed by atoms with Crippen molar-refractivity contribution >= 4 is 5.91 Å². The van der Waals surface area contributed by atoms with Crippen molar-refractivity contribution in [1.82, 2.24) is 5.32 Å². The molecular weight excluding hydrogens is 328 g/mol. The highest BCUT2D eigenvalue weighted by molar-refractivity contribution is 5.94. The van der Waals surface area contributed by atoms with Gasteiger partial charge >= 0.3 is 0 Å². The zero-order chi connectivity index (χ0) is 18.0. The first kappa shape index (κ1) is 17.2. The van der Waals surface area contributed by atoms with Gasteiger partial charge in [-0.1, -0.05) is 0 Å². The molecule has 2 aromatic rings. The molecule has 0 aliphatic carbocycles. The van der Waals surface area contributed by atoms with E-state index in [2.05, 4.69) is 5.32 Å². The van der Waals surface area contributed by atoms with Gasteiger partial charge in [0.1, 0.15) is 29.2 Å². The van der Waals surface area contributed by atoms with Crippen molar-refractivity contribution in [3.8, 4) is 11.5 Å². The molecule has 4 nitrogen and oxygen atoms in total. The Morgan fingerprint density at radius 2 is 2.12 bits per heavy atom. The molecular formula is C19H19F2NO3. The van der Waals surface area contributed by atoms with Crippen molar-refractivity contribution in [3.63, 3.8) is 0 Å². The second-order valence-electron chi connectivity index (χ2n) is 5.94. The highest BCUT2D eigenvalue weighted by Crippen LogP contribution is 2.35.